The first-order valence-electron chi connectivity index (χ1n) is 8.24. The molecule has 5 heteroatoms. The van der Waals surface area contributed by atoms with Crippen LogP contribution in [0.2, 0.25) is 5.15 Å². The number of benzene rings is 1. The Labute approximate surface area is 152 Å². The summed E-state index contributed by atoms with van der Waals surface area (Å²) in [7, 11) is 0. The largest absolute Gasteiger partial charge is 0.352 e. The molecule has 2 heterocycles. The van der Waals surface area contributed by atoms with Gasteiger partial charge in [-0.2, -0.15) is 5.26 Å². The van der Waals surface area contributed by atoms with Crippen LogP contribution >= 0.6 is 11.6 Å². The van der Waals surface area contributed by atoms with E-state index in [0.717, 1.165) is 53.6 Å². The lowest BCUT2D eigenvalue weighted by molar-refractivity contribution is -0.117. The van der Waals surface area contributed by atoms with Gasteiger partial charge in [0.05, 0.1) is 11.6 Å². The molecule has 126 valence electrons. The number of nitrogens with one attached hydrogen (secondary N) is 1. The molecule has 0 bridgehead atoms. The van der Waals surface area contributed by atoms with Crippen LogP contribution in [0.5, 0.6) is 0 Å². The minimum atomic E-state index is -0.0195. The second-order valence-electron chi connectivity index (χ2n) is 6.10. The van der Waals surface area contributed by atoms with Gasteiger partial charge < -0.3 is 5.32 Å². The maximum atomic E-state index is 12.2. The van der Waals surface area contributed by atoms with Gasteiger partial charge in [-0.15, -0.1) is 0 Å². The molecule has 4 nitrogen and oxygen atoms in total. The van der Waals surface area contributed by atoms with Crippen molar-refractivity contribution >= 4 is 23.6 Å². The van der Waals surface area contributed by atoms with E-state index in [1.54, 1.807) is 12.3 Å². The van der Waals surface area contributed by atoms with Crippen LogP contribution in [0, 0.1) is 18.3 Å². The molecule has 25 heavy (non-hydrogen) atoms. The van der Waals surface area contributed by atoms with E-state index in [2.05, 4.69) is 16.4 Å². The molecule has 1 aromatic carbocycles. The Hall–Kier alpha value is -2.64. The second kappa shape index (κ2) is 7.50. The zero-order valence-electron chi connectivity index (χ0n) is 14.0. The molecule has 1 saturated heterocycles. The van der Waals surface area contributed by atoms with E-state index in [-0.39, 0.29) is 5.91 Å². The molecule has 1 N–H and O–H groups in total. The summed E-state index contributed by atoms with van der Waals surface area (Å²) in [6.45, 7) is 2.71. The number of carbonyl (C=O) groups is 1. The smallest absolute Gasteiger partial charge is 0.247 e. The van der Waals surface area contributed by atoms with Gasteiger partial charge in [0.25, 0.3) is 0 Å². The number of pyridine rings is 1. The highest BCUT2D eigenvalue weighted by Crippen LogP contribution is 2.29. The molecule has 1 aliphatic rings. The van der Waals surface area contributed by atoms with Gasteiger partial charge in [0.15, 0.2) is 0 Å². The lowest BCUT2D eigenvalue weighted by Crippen LogP contribution is -2.23. The van der Waals surface area contributed by atoms with Crippen molar-refractivity contribution in [2.45, 2.75) is 26.2 Å². The molecule has 0 radical (unpaired) electrons. The summed E-state index contributed by atoms with van der Waals surface area (Å²) in [6.07, 6.45) is 6.32. The molecule has 0 aliphatic carbocycles. The fraction of sp³-hybridized carbons (Fsp3) is 0.250. The average molecular weight is 352 g/mol. The summed E-state index contributed by atoms with van der Waals surface area (Å²) in [6, 6.07) is 9.48. The molecule has 3 rings (SSSR count). The lowest BCUT2D eigenvalue weighted by atomic mass is 9.93. The lowest BCUT2D eigenvalue weighted by Gasteiger charge is -2.12. The predicted octanol–water partition coefficient (Wildman–Crippen LogP) is 4.27. The molecule has 1 fully saturated rings. The predicted molar refractivity (Wildman–Crippen MR) is 99.0 cm³/mol. The normalized spacial score (nSPS) is 16.2. The summed E-state index contributed by atoms with van der Waals surface area (Å²) in [5.74, 6) is -0.0195. The molecule has 1 amide bonds. The molecular weight excluding hydrogens is 334 g/mol. The summed E-state index contributed by atoms with van der Waals surface area (Å²) in [5, 5.41) is 12.7. The number of nitriles is 1. The molecule has 0 spiro atoms. The summed E-state index contributed by atoms with van der Waals surface area (Å²) >= 11 is 5.87. The van der Waals surface area contributed by atoms with Crippen LogP contribution in [0.4, 0.5) is 0 Å². The minimum Gasteiger partial charge on any atom is -0.352 e. The van der Waals surface area contributed by atoms with Gasteiger partial charge in [0, 0.05) is 23.9 Å². The third-order valence-corrected chi connectivity index (χ3v) is 4.62. The standard InChI is InChI=1S/C20H18ClN3O/c1-13-17(10-15-4-2-3-7-23-20(15)25)8-14(11-22)9-18(13)16-5-6-19(21)24-12-16/h5-6,8-10,12H,2-4,7H2,1H3,(H,23,25)/b15-10+. The molecular formula is C20H18ClN3O. The summed E-state index contributed by atoms with van der Waals surface area (Å²) in [4.78, 5) is 16.3. The Morgan fingerprint density at radius 3 is 2.88 bits per heavy atom. The highest BCUT2D eigenvalue weighted by molar-refractivity contribution is 6.29. The number of hydrogen-bond donors (Lipinski definition) is 1. The molecule has 2 aromatic rings. The number of aromatic nitrogens is 1. The topological polar surface area (TPSA) is 65.8 Å². The monoisotopic (exact) mass is 351 g/mol. The first-order valence-corrected chi connectivity index (χ1v) is 8.61. The fourth-order valence-electron chi connectivity index (χ4n) is 2.98. The van der Waals surface area contributed by atoms with Crippen molar-refractivity contribution in [3.05, 3.63) is 57.9 Å². The van der Waals surface area contributed by atoms with Crippen LogP contribution in [0.25, 0.3) is 17.2 Å². The quantitative estimate of drug-likeness (QED) is 0.649. The van der Waals surface area contributed by atoms with E-state index in [9.17, 15) is 10.1 Å². The van der Waals surface area contributed by atoms with Gasteiger partial charge in [-0.25, -0.2) is 4.98 Å². The van der Waals surface area contributed by atoms with E-state index in [1.807, 2.05) is 31.2 Å². The zero-order chi connectivity index (χ0) is 17.8. The van der Waals surface area contributed by atoms with Crippen LogP contribution in [0.1, 0.15) is 36.0 Å². The van der Waals surface area contributed by atoms with E-state index >= 15 is 0 Å². The number of rotatable bonds is 2. The van der Waals surface area contributed by atoms with Crippen molar-refractivity contribution in [2.75, 3.05) is 6.54 Å². The first kappa shape index (κ1) is 17.2. The summed E-state index contributed by atoms with van der Waals surface area (Å²) < 4.78 is 0. The molecule has 0 atom stereocenters. The van der Waals surface area contributed by atoms with Crippen LogP contribution in [0.3, 0.4) is 0 Å². The van der Waals surface area contributed by atoms with E-state index in [4.69, 9.17) is 11.6 Å². The summed E-state index contributed by atoms with van der Waals surface area (Å²) in [5.41, 5.74) is 5.02. The van der Waals surface area contributed by atoms with Gasteiger partial charge in [-0.05, 0) is 73.2 Å². The fourth-order valence-corrected chi connectivity index (χ4v) is 3.09. The Morgan fingerprint density at radius 1 is 1.32 bits per heavy atom. The second-order valence-corrected chi connectivity index (χ2v) is 6.49. The number of halogens is 1. The van der Waals surface area contributed by atoms with Gasteiger partial charge in [0.2, 0.25) is 5.91 Å². The average Bonchev–Trinajstić information content (AvgIpc) is 2.82. The minimum absolute atomic E-state index is 0.0195. The number of carbonyl (C=O) groups excluding carboxylic acids is 1. The van der Waals surface area contributed by atoms with Gasteiger partial charge in [-0.1, -0.05) is 11.6 Å². The van der Waals surface area contributed by atoms with Crippen molar-refractivity contribution < 1.29 is 4.79 Å². The van der Waals surface area contributed by atoms with Crippen molar-refractivity contribution in [3.8, 4) is 17.2 Å². The third-order valence-electron chi connectivity index (χ3n) is 4.40. The molecule has 0 unspecified atom stereocenters. The zero-order valence-corrected chi connectivity index (χ0v) is 14.7. The van der Waals surface area contributed by atoms with Gasteiger partial charge in [0.1, 0.15) is 5.15 Å². The van der Waals surface area contributed by atoms with Gasteiger partial charge >= 0.3 is 0 Å². The Kier molecular flexibility index (Phi) is 5.16. The van der Waals surface area contributed by atoms with Crippen LogP contribution in [-0.2, 0) is 4.79 Å². The Balaban J connectivity index is 2.11. The first-order chi connectivity index (χ1) is 12.1. The van der Waals surface area contributed by atoms with Crippen LogP contribution in [0.15, 0.2) is 36.0 Å². The number of amides is 1. The van der Waals surface area contributed by atoms with Crippen LogP contribution < -0.4 is 5.32 Å². The van der Waals surface area contributed by atoms with E-state index in [0.29, 0.717) is 10.7 Å². The number of hydrogen-bond acceptors (Lipinski definition) is 3. The highest BCUT2D eigenvalue weighted by atomic mass is 35.5. The molecule has 0 saturated carbocycles. The maximum Gasteiger partial charge on any atom is 0.247 e. The van der Waals surface area contributed by atoms with Crippen molar-refractivity contribution in [2.24, 2.45) is 0 Å². The van der Waals surface area contributed by atoms with E-state index in [1.165, 1.54) is 0 Å². The number of nitrogens with zero attached hydrogens (tertiary/aromatic N) is 2. The Bertz CT molecular complexity index is 879. The van der Waals surface area contributed by atoms with Crippen molar-refractivity contribution in [3.63, 3.8) is 0 Å². The van der Waals surface area contributed by atoms with Gasteiger partial charge in [-0.3, -0.25) is 4.79 Å². The highest BCUT2D eigenvalue weighted by Gasteiger charge is 2.15. The Morgan fingerprint density at radius 2 is 2.16 bits per heavy atom. The van der Waals surface area contributed by atoms with Crippen LogP contribution in [-0.4, -0.2) is 17.4 Å². The SMILES string of the molecule is Cc1c(/C=C2\CCCCNC2=O)cc(C#N)cc1-c1ccc(Cl)nc1. The van der Waals surface area contributed by atoms with E-state index < -0.39 is 0 Å². The van der Waals surface area contributed by atoms with Crippen molar-refractivity contribution in [1.29, 1.82) is 5.26 Å². The molecule has 1 aliphatic heterocycles. The maximum absolute atomic E-state index is 12.2. The van der Waals surface area contributed by atoms with Crippen molar-refractivity contribution in [1.82, 2.24) is 10.3 Å². The molecule has 1 aromatic heterocycles. The third kappa shape index (κ3) is 3.89.